The summed E-state index contributed by atoms with van der Waals surface area (Å²) in [6.07, 6.45) is 4.67. The predicted octanol–water partition coefficient (Wildman–Crippen LogP) is 3.26. The highest BCUT2D eigenvalue weighted by molar-refractivity contribution is 5.81. The van der Waals surface area contributed by atoms with E-state index in [0.717, 1.165) is 0 Å². The average molecular weight is 259 g/mol. The molecule has 0 saturated carbocycles. The van der Waals surface area contributed by atoms with E-state index in [1.54, 1.807) is 18.3 Å². The van der Waals surface area contributed by atoms with Crippen LogP contribution in [-0.4, -0.2) is 14.8 Å². The first-order valence-electron chi connectivity index (χ1n) is 5.97. The van der Waals surface area contributed by atoms with E-state index in [1.165, 1.54) is 23.1 Å². The highest BCUT2D eigenvalue weighted by atomic mass is 19.1. The van der Waals surface area contributed by atoms with Crippen LogP contribution in [0.2, 0.25) is 0 Å². The molecule has 3 nitrogen and oxygen atoms in total. The van der Waals surface area contributed by atoms with Crippen molar-refractivity contribution >= 4 is 10.9 Å². The summed E-state index contributed by atoms with van der Waals surface area (Å²) >= 11 is 0. The van der Waals surface area contributed by atoms with Crippen molar-refractivity contribution in [3.63, 3.8) is 0 Å². The van der Waals surface area contributed by atoms with Gasteiger partial charge in [0.05, 0.1) is 35.2 Å². The van der Waals surface area contributed by atoms with Crippen LogP contribution in [0.15, 0.2) is 36.8 Å². The third-order valence-corrected chi connectivity index (χ3v) is 3.12. The molecule has 0 atom stereocenters. The molecule has 0 saturated heterocycles. The van der Waals surface area contributed by atoms with E-state index in [4.69, 9.17) is 0 Å². The lowest BCUT2D eigenvalue weighted by Gasteiger charge is -2.09. The maximum Gasteiger partial charge on any atom is 0.146 e. The lowest BCUT2D eigenvalue weighted by atomic mass is 10.1. The lowest BCUT2D eigenvalue weighted by molar-refractivity contribution is 0.602. The van der Waals surface area contributed by atoms with Crippen LogP contribution in [-0.2, 0) is 6.42 Å². The van der Waals surface area contributed by atoms with Crippen molar-refractivity contribution in [2.24, 2.45) is 0 Å². The molecule has 0 radical (unpaired) electrons. The fourth-order valence-corrected chi connectivity index (χ4v) is 2.19. The molecular formula is C14H11F2N3. The van der Waals surface area contributed by atoms with Crippen LogP contribution in [0.5, 0.6) is 0 Å². The second-order valence-electron chi connectivity index (χ2n) is 4.20. The summed E-state index contributed by atoms with van der Waals surface area (Å²) in [4.78, 5) is 3.85. The Morgan fingerprint density at radius 2 is 1.95 bits per heavy atom. The van der Waals surface area contributed by atoms with E-state index in [-0.39, 0.29) is 11.6 Å². The lowest BCUT2D eigenvalue weighted by Crippen LogP contribution is -2.04. The first-order chi connectivity index (χ1) is 9.22. The molecule has 96 valence electrons. The van der Waals surface area contributed by atoms with Crippen molar-refractivity contribution in [3.8, 4) is 5.69 Å². The van der Waals surface area contributed by atoms with Crippen molar-refractivity contribution < 1.29 is 8.78 Å². The van der Waals surface area contributed by atoms with Gasteiger partial charge in [-0.05, 0) is 18.6 Å². The smallest absolute Gasteiger partial charge is 0.146 e. The number of nitrogens with zero attached hydrogens (tertiary/aromatic N) is 3. The highest BCUT2D eigenvalue weighted by Crippen LogP contribution is 2.23. The van der Waals surface area contributed by atoms with Crippen LogP contribution in [0.3, 0.4) is 0 Å². The SMILES string of the molecule is CCc1c(F)cncc1-n1ncc2c(F)cccc21. The number of hydrogen-bond donors (Lipinski definition) is 0. The van der Waals surface area contributed by atoms with Gasteiger partial charge < -0.3 is 0 Å². The first kappa shape index (κ1) is 11.8. The van der Waals surface area contributed by atoms with E-state index in [0.29, 0.717) is 28.6 Å². The summed E-state index contributed by atoms with van der Waals surface area (Å²) in [5.41, 5.74) is 1.66. The predicted molar refractivity (Wildman–Crippen MR) is 68.2 cm³/mol. The van der Waals surface area contributed by atoms with Crippen LogP contribution in [0.1, 0.15) is 12.5 Å². The molecule has 3 aromatic rings. The van der Waals surface area contributed by atoms with Gasteiger partial charge in [-0.2, -0.15) is 5.10 Å². The standard InChI is InChI=1S/C14H11F2N3/c1-2-9-12(16)7-17-8-14(9)19-13-5-3-4-11(15)10(13)6-18-19/h3-8H,2H2,1H3. The Morgan fingerprint density at radius 3 is 2.74 bits per heavy atom. The van der Waals surface area contributed by atoms with Gasteiger partial charge in [0, 0.05) is 5.56 Å². The molecule has 5 heteroatoms. The Morgan fingerprint density at radius 1 is 1.11 bits per heavy atom. The summed E-state index contributed by atoms with van der Waals surface area (Å²) in [5.74, 6) is -0.716. The van der Waals surface area contributed by atoms with E-state index < -0.39 is 0 Å². The molecule has 0 bridgehead atoms. The summed E-state index contributed by atoms with van der Waals surface area (Å²) in [6, 6.07) is 4.73. The number of aromatic nitrogens is 3. The molecule has 2 heterocycles. The van der Waals surface area contributed by atoms with Crippen LogP contribution in [0.25, 0.3) is 16.6 Å². The van der Waals surface area contributed by atoms with Gasteiger partial charge in [-0.3, -0.25) is 4.98 Å². The number of pyridine rings is 1. The van der Waals surface area contributed by atoms with Crippen LogP contribution < -0.4 is 0 Å². The number of halogens is 2. The van der Waals surface area contributed by atoms with Crippen molar-refractivity contribution in [2.45, 2.75) is 13.3 Å². The van der Waals surface area contributed by atoms with E-state index in [1.807, 2.05) is 6.92 Å². The van der Waals surface area contributed by atoms with Gasteiger partial charge in [-0.25, -0.2) is 13.5 Å². The van der Waals surface area contributed by atoms with Crippen molar-refractivity contribution in [2.75, 3.05) is 0 Å². The maximum absolute atomic E-state index is 13.7. The van der Waals surface area contributed by atoms with E-state index in [9.17, 15) is 8.78 Å². The molecule has 0 unspecified atom stereocenters. The minimum absolute atomic E-state index is 0.342. The van der Waals surface area contributed by atoms with Crippen LogP contribution in [0.4, 0.5) is 8.78 Å². The Bertz CT molecular complexity index is 750. The number of fused-ring (bicyclic) bond motifs is 1. The Labute approximate surface area is 108 Å². The molecule has 19 heavy (non-hydrogen) atoms. The van der Waals surface area contributed by atoms with Gasteiger partial charge >= 0.3 is 0 Å². The van der Waals surface area contributed by atoms with Crippen molar-refractivity contribution in [3.05, 3.63) is 54.0 Å². The third kappa shape index (κ3) is 1.78. The molecular weight excluding hydrogens is 248 g/mol. The molecule has 0 N–H and O–H groups in total. The summed E-state index contributed by atoms with van der Waals surface area (Å²) in [6.45, 7) is 1.86. The first-order valence-corrected chi connectivity index (χ1v) is 5.97. The van der Waals surface area contributed by atoms with Crippen molar-refractivity contribution in [1.82, 2.24) is 14.8 Å². The number of rotatable bonds is 2. The van der Waals surface area contributed by atoms with Gasteiger partial charge in [0.2, 0.25) is 0 Å². The summed E-state index contributed by atoms with van der Waals surface area (Å²) in [5, 5.41) is 4.56. The second kappa shape index (κ2) is 4.42. The quantitative estimate of drug-likeness (QED) is 0.707. The highest BCUT2D eigenvalue weighted by Gasteiger charge is 2.13. The molecule has 1 aromatic carbocycles. The molecule has 0 aliphatic heterocycles. The van der Waals surface area contributed by atoms with E-state index in [2.05, 4.69) is 10.1 Å². The molecule has 0 aliphatic rings. The zero-order valence-electron chi connectivity index (χ0n) is 10.3. The molecule has 0 amide bonds. The average Bonchev–Trinajstić information content (AvgIpc) is 2.83. The zero-order valence-corrected chi connectivity index (χ0v) is 10.3. The fraction of sp³-hybridized carbons (Fsp3) is 0.143. The van der Waals surface area contributed by atoms with Gasteiger partial charge in [0.1, 0.15) is 11.6 Å². The number of benzene rings is 1. The maximum atomic E-state index is 13.7. The van der Waals surface area contributed by atoms with Gasteiger partial charge in [0.15, 0.2) is 0 Å². The summed E-state index contributed by atoms with van der Waals surface area (Å²) < 4.78 is 28.9. The fourth-order valence-electron chi connectivity index (χ4n) is 2.19. The normalized spacial score (nSPS) is 11.1. The largest absolute Gasteiger partial charge is 0.259 e. The molecule has 3 rings (SSSR count). The Balaban J connectivity index is 2.31. The molecule has 0 spiro atoms. The molecule has 0 aliphatic carbocycles. The van der Waals surface area contributed by atoms with E-state index >= 15 is 0 Å². The third-order valence-electron chi connectivity index (χ3n) is 3.12. The van der Waals surface area contributed by atoms with Gasteiger partial charge in [-0.15, -0.1) is 0 Å². The topological polar surface area (TPSA) is 30.7 Å². The molecule has 2 aromatic heterocycles. The Hall–Kier alpha value is -2.30. The summed E-state index contributed by atoms with van der Waals surface area (Å²) in [7, 11) is 0. The minimum atomic E-state index is -0.375. The molecule has 0 fully saturated rings. The minimum Gasteiger partial charge on any atom is -0.259 e. The number of hydrogen-bond acceptors (Lipinski definition) is 2. The van der Waals surface area contributed by atoms with Gasteiger partial charge in [0.25, 0.3) is 0 Å². The van der Waals surface area contributed by atoms with Crippen molar-refractivity contribution in [1.29, 1.82) is 0 Å². The van der Waals surface area contributed by atoms with Gasteiger partial charge in [-0.1, -0.05) is 13.0 Å². The Kier molecular flexibility index (Phi) is 2.74. The zero-order chi connectivity index (χ0) is 13.4. The monoisotopic (exact) mass is 259 g/mol. The van der Waals surface area contributed by atoms with Crippen LogP contribution >= 0.6 is 0 Å². The van der Waals surface area contributed by atoms with Crippen LogP contribution in [0, 0.1) is 11.6 Å². The second-order valence-corrected chi connectivity index (χ2v) is 4.20.